The first kappa shape index (κ1) is 15.1. The second-order valence-electron chi connectivity index (χ2n) is 6.36. The molecule has 4 nitrogen and oxygen atoms in total. The molecule has 1 aliphatic heterocycles. The van der Waals surface area contributed by atoms with Crippen LogP contribution in [-0.2, 0) is 0 Å². The maximum atomic E-state index is 12.4. The molecule has 4 heteroatoms. The Morgan fingerprint density at radius 2 is 2.09 bits per heavy atom. The summed E-state index contributed by atoms with van der Waals surface area (Å²) in [6.45, 7) is 8.91. The number of amides is 1. The van der Waals surface area contributed by atoms with Gasteiger partial charge in [0, 0.05) is 17.5 Å². The number of hydrogen-bond acceptors (Lipinski definition) is 3. The van der Waals surface area contributed by atoms with Crippen LogP contribution in [0.3, 0.4) is 0 Å². The van der Waals surface area contributed by atoms with Crippen molar-refractivity contribution in [2.24, 2.45) is 5.92 Å². The molecular weight excluding hydrogens is 276 g/mol. The highest BCUT2D eigenvalue weighted by atomic mass is 16.3. The number of carbonyl (C=O) groups is 1. The monoisotopic (exact) mass is 300 g/mol. The quantitative estimate of drug-likeness (QED) is 0.912. The lowest BCUT2D eigenvalue weighted by atomic mass is 10.0. The molecule has 1 atom stereocenters. The van der Waals surface area contributed by atoms with Gasteiger partial charge in [-0.05, 0) is 63.7 Å². The molecule has 2 aromatic rings. The van der Waals surface area contributed by atoms with Crippen LogP contribution >= 0.6 is 0 Å². The van der Waals surface area contributed by atoms with E-state index in [4.69, 9.17) is 4.42 Å². The predicted molar refractivity (Wildman–Crippen MR) is 88.4 cm³/mol. The third-order valence-corrected chi connectivity index (χ3v) is 4.69. The number of carbonyl (C=O) groups excluding carboxylic acids is 1. The van der Waals surface area contributed by atoms with E-state index < -0.39 is 0 Å². The number of hydrogen-bond donors (Lipinski definition) is 2. The molecule has 22 heavy (non-hydrogen) atoms. The summed E-state index contributed by atoms with van der Waals surface area (Å²) in [4.78, 5) is 12.4. The molecule has 1 amide bonds. The smallest absolute Gasteiger partial charge is 0.287 e. The van der Waals surface area contributed by atoms with Crippen LogP contribution in [0, 0.1) is 26.7 Å². The largest absolute Gasteiger partial charge is 0.450 e. The lowest BCUT2D eigenvalue weighted by molar-refractivity contribution is 0.0925. The second-order valence-corrected chi connectivity index (χ2v) is 6.36. The molecule has 2 heterocycles. The van der Waals surface area contributed by atoms with Crippen LogP contribution < -0.4 is 10.6 Å². The highest BCUT2D eigenvalue weighted by Gasteiger charge is 2.20. The van der Waals surface area contributed by atoms with E-state index in [0.29, 0.717) is 18.2 Å². The highest BCUT2D eigenvalue weighted by molar-refractivity contribution is 6.00. The molecule has 1 aliphatic rings. The van der Waals surface area contributed by atoms with Gasteiger partial charge in [-0.3, -0.25) is 4.79 Å². The van der Waals surface area contributed by atoms with Crippen LogP contribution in [0.2, 0.25) is 0 Å². The minimum atomic E-state index is -0.0987. The highest BCUT2D eigenvalue weighted by Crippen LogP contribution is 2.30. The number of benzene rings is 1. The van der Waals surface area contributed by atoms with Gasteiger partial charge in [-0.25, -0.2) is 0 Å². The third kappa shape index (κ3) is 2.75. The molecule has 1 aromatic carbocycles. The molecule has 0 bridgehead atoms. The van der Waals surface area contributed by atoms with E-state index in [0.717, 1.165) is 47.2 Å². The van der Waals surface area contributed by atoms with E-state index in [1.54, 1.807) is 0 Å². The first-order chi connectivity index (χ1) is 10.6. The van der Waals surface area contributed by atoms with Crippen LogP contribution in [0.4, 0.5) is 0 Å². The van der Waals surface area contributed by atoms with E-state index in [9.17, 15) is 4.79 Å². The summed E-state index contributed by atoms with van der Waals surface area (Å²) in [6.07, 6.45) is 2.23. The first-order valence-electron chi connectivity index (χ1n) is 8.06. The normalized spacial score (nSPS) is 18.0. The zero-order chi connectivity index (χ0) is 15.7. The third-order valence-electron chi connectivity index (χ3n) is 4.69. The zero-order valence-electron chi connectivity index (χ0n) is 13.6. The summed E-state index contributed by atoms with van der Waals surface area (Å²) in [5, 5.41) is 7.43. The fourth-order valence-electron chi connectivity index (χ4n) is 3.32. The van der Waals surface area contributed by atoms with Crippen molar-refractivity contribution >= 4 is 16.9 Å². The lowest BCUT2D eigenvalue weighted by Crippen LogP contribution is -2.26. The summed E-state index contributed by atoms with van der Waals surface area (Å²) in [7, 11) is 0. The number of aryl methyl sites for hydroxylation is 3. The van der Waals surface area contributed by atoms with Gasteiger partial charge in [0.25, 0.3) is 5.91 Å². The van der Waals surface area contributed by atoms with Crippen molar-refractivity contribution in [1.29, 1.82) is 0 Å². The zero-order valence-corrected chi connectivity index (χ0v) is 13.6. The van der Waals surface area contributed by atoms with Gasteiger partial charge in [0.1, 0.15) is 5.58 Å². The molecule has 1 saturated heterocycles. The van der Waals surface area contributed by atoms with Gasteiger partial charge in [0.15, 0.2) is 5.76 Å². The number of furan rings is 1. The number of nitrogens with one attached hydrogen (secondary N) is 2. The van der Waals surface area contributed by atoms with Crippen LogP contribution in [-0.4, -0.2) is 25.5 Å². The molecular formula is C18H24N2O2. The first-order valence-corrected chi connectivity index (χ1v) is 8.06. The van der Waals surface area contributed by atoms with Crippen molar-refractivity contribution in [3.8, 4) is 0 Å². The SMILES string of the molecule is Cc1ccc(C)c2c(C)c(C(=O)NCCC3CCNC3)oc12. The minimum Gasteiger partial charge on any atom is -0.450 e. The Kier molecular flexibility index (Phi) is 4.21. The summed E-state index contributed by atoms with van der Waals surface area (Å²) < 4.78 is 5.87. The van der Waals surface area contributed by atoms with Gasteiger partial charge in [-0.2, -0.15) is 0 Å². The van der Waals surface area contributed by atoms with Crippen LogP contribution in [0.1, 0.15) is 40.1 Å². The molecule has 1 aromatic heterocycles. The minimum absolute atomic E-state index is 0.0987. The fourth-order valence-corrected chi connectivity index (χ4v) is 3.32. The molecule has 3 rings (SSSR count). The number of fused-ring (bicyclic) bond motifs is 1. The van der Waals surface area contributed by atoms with Gasteiger partial charge in [0.2, 0.25) is 0 Å². The molecule has 1 unspecified atom stereocenters. The Bertz CT molecular complexity index is 697. The lowest BCUT2D eigenvalue weighted by Gasteiger charge is -2.08. The van der Waals surface area contributed by atoms with E-state index >= 15 is 0 Å². The Morgan fingerprint density at radius 3 is 2.77 bits per heavy atom. The molecule has 0 radical (unpaired) electrons. The molecule has 2 N–H and O–H groups in total. The fraction of sp³-hybridized carbons (Fsp3) is 0.500. The van der Waals surface area contributed by atoms with Crippen molar-refractivity contribution in [3.63, 3.8) is 0 Å². The number of rotatable bonds is 4. The standard InChI is InChI=1S/C18H24N2O2/c1-11-4-5-12(2)16-15(11)13(3)17(22-16)18(21)20-9-7-14-6-8-19-10-14/h4-5,14,19H,6-10H2,1-3H3,(H,20,21). The molecule has 0 spiro atoms. The summed E-state index contributed by atoms with van der Waals surface area (Å²) in [6, 6.07) is 4.12. The van der Waals surface area contributed by atoms with Gasteiger partial charge < -0.3 is 15.1 Å². The average Bonchev–Trinajstić information content (AvgIpc) is 3.11. The van der Waals surface area contributed by atoms with E-state index in [2.05, 4.69) is 23.6 Å². The van der Waals surface area contributed by atoms with Gasteiger partial charge in [-0.1, -0.05) is 12.1 Å². The maximum Gasteiger partial charge on any atom is 0.287 e. The Hall–Kier alpha value is -1.81. The van der Waals surface area contributed by atoms with E-state index in [1.807, 2.05) is 19.9 Å². The molecule has 1 fully saturated rings. The predicted octanol–water partition coefficient (Wildman–Crippen LogP) is 3.09. The van der Waals surface area contributed by atoms with Crippen LogP contribution in [0.15, 0.2) is 16.5 Å². The maximum absolute atomic E-state index is 12.4. The van der Waals surface area contributed by atoms with Crippen molar-refractivity contribution in [3.05, 3.63) is 34.6 Å². The Morgan fingerprint density at radius 1 is 1.32 bits per heavy atom. The molecule has 0 aliphatic carbocycles. The van der Waals surface area contributed by atoms with Crippen molar-refractivity contribution in [1.82, 2.24) is 10.6 Å². The Labute approximate surface area is 131 Å². The second kappa shape index (κ2) is 6.13. The van der Waals surface area contributed by atoms with Crippen LogP contribution in [0.5, 0.6) is 0 Å². The molecule has 0 saturated carbocycles. The van der Waals surface area contributed by atoms with Crippen molar-refractivity contribution < 1.29 is 9.21 Å². The van der Waals surface area contributed by atoms with E-state index in [1.165, 1.54) is 6.42 Å². The van der Waals surface area contributed by atoms with Gasteiger partial charge >= 0.3 is 0 Å². The van der Waals surface area contributed by atoms with Crippen molar-refractivity contribution in [2.45, 2.75) is 33.6 Å². The van der Waals surface area contributed by atoms with Crippen molar-refractivity contribution in [2.75, 3.05) is 19.6 Å². The topological polar surface area (TPSA) is 54.3 Å². The Balaban J connectivity index is 1.75. The molecule has 118 valence electrons. The summed E-state index contributed by atoms with van der Waals surface area (Å²) in [5.74, 6) is 1.04. The average molecular weight is 300 g/mol. The van der Waals surface area contributed by atoms with E-state index in [-0.39, 0.29) is 5.91 Å². The van der Waals surface area contributed by atoms with Gasteiger partial charge in [-0.15, -0.1) is 0 Å². The van der Waals surface area contributed by atoms with Crippen LogP contribution in [0.25, 0.3) is 11.0 Å². The van der Waals surface area contributed by atoms with Gasteiger partial charge in [0.05, 0.1) is 0 Å². The summed E-state index contributed by atoms with van der Waals surface area (Å²) >= 11 is 0. The summed E-state index contributed by atoms with van der Waals surface area (Å²) in [5.41, 5.74) is 4.00.